The number of halogens is 1. The molecule has 10 heavy (non-hydrogen) atoms. The molecule has 0 rings (SSSR count). The Kier molecular flexibility index (Phi) is 5.35. The summed E-state index contributed by atoms with van der Waals surface area (Å²) < 4.78 is 0. The van der Waals surface area contributed by atoms with Crippen LogP contribution in [0.1, 0.15) is 13.3 Å². The summed E-state index contributed by atoms with van der Waals surface area (Å²) in [6.45, 7) is 2.14. The predicted molar refractivity (Wildman–Crippen MR) is 40.0 cm³/mol. The Morgan fingerprint density at radius 3 is 2.80 bits per heavy atom. The first-order chi connectivity index (χ1) is 4.70. The number of carbonyl (C=O) groups excluding carboxylic acids is 1. The normalized spacial score (nSPS) is 12.7. The smallest absolute Gasteiger partial charge is 0.235 e. The second kappa shape index (κ2) is 5.50. The number of aliphatic hydroxyl groups is 1. The second-order valence-electron chi connectivity index (χ2n) is 2.00. The maximum atomic E-state index is 10.5. The molecule has 0 spiro atoms. The lowest BCUT2D eigenvalue weighted by molar-refractivity contribution is -0.119. The van der Waals surface area contributed by atoms with Crippen molar-refractivity contribution in [2.45, 2.75) is 19.4 Å². The number of aliphatic hydroxyl groups excluding tert-OH is 1. The molecule has 60 valence electrons. The molecular weight excluding hydrogens is 154 g/mol. The Morgan fingerprint density at radius 2 is 2.40 bits per heavy atom. The summed E-state index contributed by atoms with van der Waals surface area (Å²) in [5, 5.41) is 11.4. The zero-order valence-electron chi connectivity index (χ0n) is 5.93. The van der Waals surface area contributed by atoms with E-state index in [2.05, 4.69) is 5.32 Å². The summed E-state index contributed by atoms with van der Waals surface area (Å²) in [5.74, 6) is -0.287. The largest absolute Gasteiger partial charge is 0.391 e. The van der Waals surface area contributed by atoms with Crippen molar-refractivity contribution in [1.29, 1.82) is 0 Å². The van der Waals surface area contributed by atoms with Gasteiger partial charge in [0.25, 0.3) is 0 Å². The van der Waals surface area contributed by atoms with Crippen molar-refractivity contribution in [3.8, 4) is 0 Å². The predicted octanol–water partition coefficient (Wildman–Crippen LogP) is 0.112. The molecule has 1 unspecified atom stereocenters. The van der Waals surface area contributed by atoms with Gasteiger partial charge >= 0.3 is 0 Å². The minimum Gasteiger partial charge on any atom is -0.391 e. The van der Waals surface area contributed by atoms with Crippen molar-refractivity contribution in [3.05, 3.63) is 0 Å². The van der Waals surface area contributed by atoms with Gasteiger partial charge in [-0.05, 0) is 6.42 Å². The lowest BCUT2D eigenvalue weighted by atomic mass is 10.3. The first-order valence-corrected chi connectivity index (χ1v) is 3.74. The van der Waals surface area contributed by atoms with Gasteiger partial charge in [0, 0.05) is 6.54 Å². The van der Waals surface area contributed by atoms with E-state index in [1.54, 1.807) is 0 Å². The SMILES string of the molecule is CCC(O)CNC(=O)CCl. The second-order valence-corrected chi connectivity index (χ2v) is 2.27. The standard InChI is InChI=1S/C6H12ClNO2/c1-2-5(9)4-8-6(10)3-7/h5,9H,2-4H2,1H3,(H,8,10). The van der Waals surface area contributed by atoms with Crippen molar-refractivity contribution in [1.82, 2.24) is 5.32 Å². The first kappa shape index (κ1) is 9.72. The van der Waals surface area contributed by atoms with Crippen molar-refractivity contribution >= 4 is 17.5 Å². The molecule has 1 atom stereocenters. The van der Waals surface area contributed by atoms with Gasteiger partial charge in [-0.1, -0.05) is 6.92 Å². The lowest BCUT2D eigenvalue weighted by Crippen LogP contribution is -2.32. The highest BCUT2D eigenvalue weighted by molar-refractivity contribution is 6.27. The highest BCUT2D eigenvalue weighted by Crippen LogP contribution is 1.86. The average molecular weight is 166 g/mol. The van der Waals surface area contributed by atoms with Crippen LogP contribution in [-0.2, 0) is 4.79 Å². The maximum absolute atomic E-state index is 10.5. The molecular formula is C6H12ClNO2. The fourth-order valence-corrected chi connectivity index (χ4v) is 0.518. The van der Waals surface area contributed by atoms with Gasteiger partial charge in [0.1, 0.15) is 5.88 Å². The van der Waals surface area contributed by atoms with Crippen LogP contribution < -0.4 is 5.32 Å². The van der Waals surface area contributed by atoms with Gasteiger partial charge in [-0.3, -0.25) is 4.79 Å². The van der Waals surface area contributed by atoms with Crippen LogP contribution in [0, 0.1) is 0 Å². The number of rotatable bonds is 4. The zero-order chi connectivity index (χ0) is 7.98. The highest BCUT2D eigenvalue weighted by atomic mass is 35.5. The first-order valence-electron chi connectivity index (χ1n) is 3.21. The maximum Gasteiger partial charge on any atom is 0.235 e. The fraction of sp³-hybridized carbons (Fsp3) is 0.833. The fourth-order valence-electron chi connectivity index (χ4n) is 0.423. The molecule has 0 aromatic heterocycles. The molecule has 4 heteroatoms. The van der Waals surface area contributed by atoms with E-state index in [-0.39, 0.29) is 11.8 Å². The van der Waals surface area contributed by atoms with E-state index in [9.17, 15) is 4.79 Å². The molecule has 0 aliphatic carbocycles. The van der Waals surface area contributed by atoms with Crippen molar-refractivity contribution in [3.63, 3.8) is 0 Å². The summed E-state index contributed by atoms with van der Waals surface area (Å²) >= 11 is 5.18. The molecule has 0 aliphatic rings. The molecule has 1 amide bonds. The van der Waals surface area contributed by atoms with Crippen molar-refractivity contribution in [2.75, 3.05) is 12.4 Å². The molecule has 0 radical (unpaired) electrons. The Labute approximate surface area is 65.4 Å². The van der Waals surface area contributed by atoms with E-state index in [4.69, 9.17) is 16.7 Å². The average Bonchev–Trinajstić information content (AvgIpc) is 1.99. The molecule has 2 N–H and O–H groups in total. The summed E-state index contributed by atoms with van der Waals surface area (Å²) in [6, 6.07) is 0. The molecule has 0 aliphatic heterocycles. The number of amides is 1. The summed E-state index contributed by atoms with van der Waals surface area (Å²) in [5.41, 5.74) is 0. The Hall–Kier alpha value is -0.280. The number of nitrogens with one attached hydrogen (secondary N) is 1. The topological polar surface area (TPSA) is 49.3 Å². The van der Waals surface area contributed by atoms with E-state index >= 15 is 0 Å². The molecule has 0 aromatic rings. The van der Waals surface area contributed by atoms with Crippen LogP contribution in [0.3, 0.4) is 0 Å². The third-order valence-electron chi connectivity index (χ3n) is 1.13. The monoisotopic (exact) mass is 165 g/mol. The summed E-state index contributed by atoms with van der Waals surface area (Å²) in [4.78, 5) is 10.5. The molecule has 0 saturated carbocycles. The third-order valence-corrected chi connectivity index (χ3v) is 1.37. The van der Waals surface area contributed by atoms with Crippen LogP contribution >= 0.6 is 11.6 Å². The summed E-state index contributed by atoms with van der Waals surface area (Å²) in [7, 11) is 0. The molecule has 0 aromatic carbocycles. The van der Waals surface area contributed by atoms with E-state index < -0.39 is 6.10 Å². The summed E-state index contributed by atoms with van der Waals surface area (Å²) in [6.07, 6.45) is 0.190. The Bertz CT molecular complexity index is 108. The van der Waals surface area contributed by atoms with Gasteiger partial charge in [-0.25, -0.2) is 0 Å². The minimum absolute atomic E-state index is 0.0452. The lowest BCUT2D eigenvalue weighted by Gasteiger charge is -2.07. The van der Waals surface area contributed by atoms with Crippen molar-refractivity contribution in [2.24, 2.45) is 0 Å². The molecule has 3 nitrogen and oxygen atoms in total. The van der Waals surface area contributed by atoms with Crippen molar-refractivity contribution < 1.29 is 9.90 Å². The Balaban J connectivity index is 3.26. The van der Waals surface area contributed by atoms with Gasteiger partial charge in [0.05, 0.1) is 6.10 Å². The van der Waals surface area contributed by atoms with Gasteiger partial charge in [0.2, 0.25) is 5.91 Å². The van der Waals surface area contributed by atoms with Gasteiger partial charge in [-0.15, -0.1) is 11.6 Å². The number of hydrogen-bond donors (Lipinski definition) is 2. The van der Waals surface area contributed by atoms with Crippen LogP contribution in [0.2, 0.25) is 0 Å². The minimum atomic E-state index is -0.452. The van der Waals surface area contributed by atoms with E-state index in [0.29, 0.717) is 13.0 Å². The van der Waals surface area contributed by atoms with E-state index in [1.807, 2.05) is 6.92 Å². The van der Waals surface area contributed by atoms with Crippen LogP contribution in [0.15, 0.2) is 0 Å². The van der Waals surface area contributed by atoms with E-state index in [1.165, 1.54) is 0 Å². The Morgan fingerprint density at radius 1 is 1.80 bits per heavy atom. The molecule has 0 bridgehead atoms. The molecule has 0 heterocycles. The van der Waals surface area contributed by atoms with Crippen LogP contribution in [0.5, 0.6) is 0 Å². The number of alkyl halides is 1. The third kappa shape index (κ3) is 4.58. The van der Waals surface area contributed by atoms with E-state index in [0.717, 1.165) is 0 Å². The highest BCUT2D eigenvalue weighted by Gasteiger charge is 2.02. The zero-order valence-corrected chi connectivity index (χ0v) is 6.69. The molecule has 0 fully saturated rings. The molecule has 0 saturated heterocycles. The quantitative estimate of drug-likeness (QED) is 0.581. The van der Waals surface area contributed by atoms with Gasteiger partial charge in [-0.2, -0.15) is 0 Å². The van der Waals surface area contributed by atoms with Gasteiger partial charge in [0.15, 0.2) is 0 Å². The van der Waals surface area contributed by atoms with Crippen LogP contribution in [0.4, 0.5) is 0 Å². The number of carbonyl (C=O) groups is 1. The van der Waals surface area contributed by atoms with Crippen LogP contribution in [-0.4, -0.2) is 29.5 Å². The number of hydrogen-bond acceptors (Lipinski definition) is 2. The van der Waals surface area contributed by atoms with Crippen LogP contribution in [0.25, 0.3) is 0 Å². The van der Waals surface area contributed by atoms with Gasteiger partial charge < -0.3 is 10.4 Å².